The number of hydrogen-bond acceptors (Lipinski definition) is 7. The lowest BCUT2D eigenvalue weighted by Crippen LogP contribution is -2.40. The molecule has 0 saturated carbocycles. The van der Waals surface area contributed by atoms with E-state index in [1.54, 1.807) is 0 Å². The van der Waals surface area contributed by atoms with E-state index in [9.17, 15) is 0 Å². The lowest BCUT2D eigenvalue weighted by Gasteiger charge is -2.40. The molecule has 2 aliphatic heterocycles. The average Bonchev–Trinajstić information content (AvgIpc) is 3.22. The first kappa shape index (κ1) is 23.9. The normalized spacial score (nSPS) is 18.3. The molecule has 186 valence electrons. The Bertz CT molecular complexity index is 1160. The van der Waals surface area contributed by atoms with Crippen molar-refractivity contribution < 1.29 is 4.74 Å². The molecule has 1 aromatic carbocycles. The smallest absolute Gasteiger partial charge is 0.297 e. The van der Waals surface area contributed by atoms with Gasteiger partial charge in [-0.15, -0.1) is 0 Å². The summed E-state index contributed by atoms with van der Waals surface area (Å²) in [5, 5.41) is 0.698. The summed E-state index contributed by atoms with van der Waals surface area (Å²) in [7, 11) is 0. The number of aromatic nitrogens is 4. The van der Waals surface area contributed by atoms with Crippen molar-refractivity contribution in [3.63, 3.8) is 0 Å². The van der Waals surface area contributed by atoms with Crippen LogP contribution in [-0.2, 0) is 6.54 Å². The van der Waals surface area contributed by atoms with Crippen molar-refractivity contribution in [2.75, 3.05) is 38.5 Å². The van der Waals surface area contributed by atoms with Gasteiger partial charge in [-0.3, -0.25) is 9.47 Å². The molecule has 8 nitrogen and oxygen atoms in total. The van der Waals surface area contributed by atoms with Crippen LogP contribution in [0.5, 0.6) is 6.01 Å². The maximum Gasteiger partial charge on any atom is 0.297 e. The predicted molar refractivity (Wildman–Crippen MR) is 139 cm³/mol. The van der Waals surface area contributed by atoms with Crippen molar-refractivity contribution in [2.45, 2.75) is 45.2 Å². The van der Waals surface area contributed by atoms with Gasteiger partial charge in [0, 0.05) is 60.3 Å². The van der Waals surface area contributed by atoms with Gasteiger partial charge in [0.25, 0.3) is 6.01 Å². The first-order valence-electron chi connectivity index (χ1n) is 12.5. The van der Waals surface area contributed by atoms with E-state index >= 15 is 0 Å². The third-order valence-electron chi connectivity index (χ3n) is 7.32. The fourth-order valence-electron chi connectivity index (χ4n) is 5.43. The first-order chi connectivity index (χ1) is 17.0. The molecular weight excluding hydrogens is 462 g/mol. The molecule has 0 aliphatic carbocycles. The number of hydrogen-bond donors (Lipinski definition) is 1. The number of imidazole rings is 1. The second-order valence-corrected chi connectivity index (χ2v) is 9.98. The summed E-state index contributed by atoms with van der Waals surface area (Å²) < 4.78 is 8.17. The lowest BCUT2D eigenvalue weighted by atomic mass is 9.91. The molecule has 0 amide bonds. The van der Waals surface area contributed by atoms with Gasteiger partial charge in [0.2, 0.25) is 5.95 Å². The van der Waals surface area contributed by atoms with E-state index < -0.39 is 0 Å². The van der Waals surface area contributed by atoms with Crippen LogP contribution in [0.25, 0.3) is 11.0 Å². The van der Waals surface area contributed by atoms with Crippen molar-refractivity contribution in [1.29, 1.82) is 0 Å². The zero-order valence-corrected chi connectivity index (χ0v) is 21.1. The molecule has 2 fully saturated rings. The number of benzene rings is 1. The quantitative estimate of drug-likeness (QED) is 0.515. The Balaban J connectivity index is 1.17. The molecule has 0 unspecified atom stereocenters. The van der Waals surface area contributed by atoms with Crippen LogP contribution in [0.15, 0.2) is 42.9 Å². The molecule has 9 heteroatoms. The average molecular weight is 496 g/mol. The number of anilines is 1. The molecule has 2 saturated heterocycles. The molecule has 2 aromatic heterocycles. The molecule has 3 aromatic rings. The highest BCUT2D eigenvalue weighted by Crippen LogP contribution is 2.35. The van der Waals surface area contributed by atoms with E-state index in [0.29, 0.717) is 35.5 Å². The highest BCUT2D eigenvalue weighted by molar-refractivity contribution is 6.31. The summed E-state index contributed by atoms with van der Waals surface area (Å²) in [4.78, 5) is 17.9. The van der Waals surface area contributed by atoms with Crippen LogP contribution in [0.4, 0.5) is 5.95 Å². The summed E-state index contributed by atoms with van der Waals surface area (Å²) in [5.74, 6) is 0.868. The van der Waals surface area contributed by atoms with Crippen LogP contribution in [0.3, 0.4) is 0 Å². The van der Waals surface area contributed by atoms with Gasteiger partial charge in [-0.2, -0.15) is 4.98 Å². The minimum atomic E-state index is 0.326. The van der Waals surface area contributed by atoms with Gasteiger partial charge in [0.15, 0.2) is 0 Å². The topological polar surface area (TPSA) is 85.3 Å². The molecule has 2 N–H and O–H groups in total. The van der Waals surface area contributed by atoms with Crippen molar-refractivity contribution in [1.82, 2.24) is 29.3 Å². The summed E-state index contributed by atoms with van der Waals surface area (Å²) in [6, 6.07) is 6.96. The predicted octanol–water partition coefficient (Wildman–Crippen LogP) is 4.52. The van der Waals surface area contributed by atoms with Crippen LogP contribution in [0.1, 0.15) is 44.2 Å². The number of likely N-dealkylation sites (tertiary alicyclic amines) is 2. The second-order valence-electron chi connectivity index (χ2n) is 9.54. The lowest BCUT2D eigenvalue weighted by molar-refractivity contribution is 0.152. The Kier molecular flexibility index (Phi) is 7.11. The standard InChI is InChI=1S/C26H34ClN7O/c1-3-35-26-31-23-14-21(27)4-5-24(23)34(26)22-8-12-33(13-9-22)18(2)20-6-10-32(11-7-20)17-19-15-29-25(28)30-16-19/h4-5,14-16,20,22H,2-3,6-13,17H2,1H3,(H2,28,29,30). The van der Waals surface area contributed by atoms with Crippen LogP contribution >= 0.6 is 11.6 Å². The molecule has 0 bridgehead atoms. The summed E-state index contributed by atoms with van der Waals surface area (Å²) >= 11 is 6.21. The van der Waals surface area contributed by atoms with E-state index in [-0.39, 0.29) is 0 Å². The van der Waals surface area contributed by atoms with Gasteiger partial charge >= 0.3 is 0 Å². The number of nitrogens with two attached hydrogens (primary N) is 1. The van der Waals surface area contributed by atoms with Crippen LogP contribution in [-0.4, -0.2) is 62.1 Å². The molecule has 4 heterocycles. The molecular formula is C26H34ClN7O. The van der Waals surface area contributed by atoms with Gasteiger partial charge in [-0.1, -0.05) is 18.2 Å². The largest absolute Gasteiger partial charge is 0.465 e. The number of piperidine rings is 2. The zero-order chi connectivity index (χ0) is 24.4. The molecule has 0 radical (unpaired) electrons. The Morgan fingerprint density at radius 1 is 1.11 bits per heavy atom. The van der Waals surface area contributed by atoms with Gasteiger partial charge in [0.1, 0.15) is 0 Å². The Morgan fingerprint density at radius 2 is 1.83 bits per heavy atom. The first-order valence-corrected chi connectivity index (χ1v) is 12.9. The maximum atomic E-state index is 6.21. The molecule has 0 atom stereocenters. The van der Waals surface area contributed by atoms with E-state index in [0.717, 1.165) is 75.0 Å². The van der Waals surface area contributed by atoms with Crippen molar-refractivity contribution in [3.05, 3.63) is 53.5 Å². The molecule has 0 spiro atoms. The fraction of sp³-hybridized carbons (Fsp3) is 0.500. The number of nitrogens with zero attached hydrogens (tertiary/aromatic N) is 6. The highest BCUT2D eigenvalue weighted by atomic mass is 35.5. The number of halogens is 1. The van der Waals surface area contributed by atoms with Gasteiger partial charge in [-0.25, -0.2) is 9.97 Å². The van der Waals surface area contributed by atoms with E-state index in [1.807, 2.05) is 31.5 Å². The van der Waals surface area contributed by atoms with Gasteiger partial charge in [-0.05, 0) is 63.9 Å². The van der Waals surface area contributed by atoms with Crippen molar-refractivity contribution in [2.24, 2.45) is 5.92 Å². The molecule has 2 aliphatic rings. The zero-order valence-electron chi connectivity index (χ0n) is 20.4. The minimum Gasteiger partial charge on any atom is -0.465 e. The highest BCUT2D eigenvalue weighted by Gasteiger charge is 2.29. The van der Waals surface area contributed by atoms with E-state index in [2.05, 4.69) is 37.0 Å². The SMILES string of the molecule is C=C(C1CCN(Cc2cnc(N)nc2)CC1)N1CCC(n2c(OCC)nc3cc(Cl)ccc32)CC1. The van der Waals surface area contributed by atoms with Gasteiger partial charge < -0.3 is 15.4 Å². The summed E-state index contributed by atoms with van der Waals surface area (Å²) in [6.45, 7) is 12.1. The van der Waals surface area contributed by atoms with Crippen molar-refractivity contribution >= 4 is 28.6 Å². The van der Waals surface area contributed by atoms with E-state index in [1.165, 1.54) is 5.70 Å². The Hall–Kier alpha value is -2.84. The second kappa shape index (κ2) is 10.4. The third-order valence-corrected chi connectivity index (χ3v) is 7.55. The number of fused-ring (bicyclic) bond motifs is 1. The number of nitrogen functional groups attached to an aromatic ring is 1. The van der Waals surface area contributed by atoms with Crippen LogP contribution < -0.4 is 10.5 Å². The molecule has 35 heavy (non-hydrogen) atoms. The fourth-order valence-corrected chi connectivity index (χ4v) is 5.60. The monoisotopic (exact) mass is 495 g/mol. The van der Waals surface area contributed by atoms with Crippen LogP contribution in [0.2, 0.25) is 5.02 Å². The third kappa shape index (κ3) is 5.23. The number of allylic oxidation sites excluding steroid dienone is 1. The minimum absolute atomic E-state index is 0.326. The van der Waals surface area contributed by atoms with Crippen molar-refractivity contribution in [3.8, 4) is 6.01 Å². The number of ether oxygens (including phenoxy) is 1. The maximum absolute atomic E-state index is 6.21. The summed E-state index contributed by atoms with van der Waals surface area (Å²) in [5.41, 5.74) is 10.00. The number of rotatable bonds is 7. The van der Waals surface area contributed by atoms with E-state index in [4.69, 9.17) is 27.1 Å². The van der Waals surface area contributed by atoms with Crippen LogP contribution in [0, 0.1) is 5.92 Å². The molecule has 5 rings (SSSR count). The Morgan fingerprint density at radius 3 is 2.51 bits per heavy atom. The van der Waals surface area contributed by atoms with Gasteiger partial charge in [0.05, 0.1) is 17.6 Å². The Labute approximate surface area is 211 Å². The summed E-state index contributed by atoms with van der Waals surface area (Å²) in [6.07, 6.45) is 8.01.